The number of aromatic amines is 1. The molecular weight excluding hydrogens is 228 g/mol. The molecular formula is C10H11BrN2. The second-order valence-corrected chi connectivity index (χ2v) is 3.98. The van der Waals surface area contributed by atoms with Gasteiger partial charge in [0, 0.05) is 15.7 Å². The van der Waals surface area contributed by atoms with Crippen LogP contribution in [-0.2, 0) is 6.42 Å². The molecule has 2 aromatic rings. The van der Waals surface area contributed by atoms with Crippen LogP contribution in [0.5, 0.6) is 0 Å². The number of hydrogen-bond acceptors (Lipinski definition) is 1. The van der Waals surface area contributed by atoms with Crippen molar-refractivity contribution in [1.82, 2.24) is 4.98 Å². The van der Waals surface area contributed by atoms with Gasteiger partial charge in [-0.3, -0.25) is 0 Å². The number of benzene rings is 1. The highest BCUT2D eigenvalue weighted by atomic mass is 79.9. The molecule has 0 radical (unpaired) electrons. The van der Waals surface area contributed by atoms with Crippen molar-refractivity contribution in [3.05, 3.63) is 34.4 Å². The molecule has 0 saturated carbocycles. The predicted octanol–water partition coefficient (Wildman–Crippen LogP) is 2.43. The van der Waals surface area contributed by atoms with Crippen LogP contribution < -0.4 is 5.73 Å². The molecule has 0 fully saturated rings. The van der Waals surface area contributed by atoms with E-state index in [-0.39, 0.29) is 0 Å². The van der Waals surface area contributed by atoms with Crippen LogP contribution in [0.1, 0.15) is 5.69 Å². The fraction of sp³-hybridized carbons (Fsp3) is 0.200. The molecule has 0 spiro atoms. The number of H-pyrrole nitrogens is 1. The fourth-order valence-electron chi connectivity index (χ4n) is 1.45. The van der Waals surface area contributed by atoms with Crippen LogP contribution in [0.3, 0.4) is 0 Å². The van der Waals surface area contributed by atoms with E-state index in [2.05, 4.69) is 39.1 Å². The zero-order chi connectivity index (χ0) is 9.26. The molecule has 1 aromatic carbocycles. The zero-order valence-electron chi connectivity index (χ0n) is 7.18. The number of aromatic nitrogens is 1. The van der Waals surface area contributed by atoms with Crippen molar-refractivity contribution in [2.24, 2.45) is 5.73 Å². The van der Waals surface area contributed by atoms with Crippen molar-refractivity contribution < 1.29 is 0 Å². The number of nitrogens with two attached hydrogens (primary N) is 1. The molecule has 2 nitrogen and oxygen atoms in total. The summed E-state index contributed by atoms with van der Waals surface area (Å²) in [5.74, 6) is 0. The molecule has 0 aliphatic heterocycles. The van der Waals surface area contributed by atoms with Gasteiger partial charge >= 0.3 is 0 Å². The maximum atomic E-state index is 5.48. The van der Waals surface area contributed by atoms with Gasteiger partial charge in [0.15, 0.2) is 0 Å². The van der Waals surface area contributed by atoms with Gasteiger partial charge in [-0.2, -0.15) is 0 Å². The van der Waals surface area contributed by atoms with Crippen molar-refractivity contribution >= 4 is 26.8 Å². The number of fused-ring (bicyclic) bond motifs is 1. The molecule has 0 amide bonds. The Hall–Kier alpha value is -0.800. The van der Waals surface area contributed by atoms with E-state index in [0.29, 0.717) is 6.54 Å². The second kappa shape index (κ2) is 3.52. The standard InChI is InChI=1S/C10H11BrN2/c11-8-2-1-7-5-9(3-4-12)13-10(7)6-8/h1-2,5-6,13H,3-4,12H2. The Labute approximate surface area is 85.3 Å². The molecule has 68 valence electrons. The molecule has 0 bridgehead atoms. The van der Waals surface area contributed by atoms with E-state index in [1.54, 1.807) is 0 Å². The Balaban J connectivity index is 2.49. The lowest BCUT2D eigenvalue weighted by molar-refractivity contribution is 0.940. The number of nitrogens with one attached hydrogen (secondary N) is 1. The fourth-order valence-corrected chi connectivity index (χ4v) is 1.81. The average molecular weight is 239 g/mol. The van der Waals surface area contributed by atoms with E-state index in [0.717, 1.165) is 16.4 Å². The van der Waals surface area contributed by atoms with E-state index >= 15 is 0 Å². The summed E-state index contributed by atoms with van der Waals surface area (Å²) in [6.45, 7) is 0.688. The highest BCUT2D eigenvalue weighted by Gasteiger charge is 1.99. The highest BCUT2D eigenvalue weighted by molar-refractivity contribution is 9.10. The van der Waals surface area contributed by atoms with Gasteiger partial charge in [-0.1, -0.05) is 22.0 Å². The first-order valence-corrected chi connectivity index (χ1v) is 5.06. The first-order valence-electron chi connectivity index (χ1n) is 4.27. The summed E-state index contributed by atoms with van der Waals surface area (Å²) in [6, 6.07) is 8.36. The van der Waals surface area contributed by atoms with Crippen molar-refractivity contribution in [2.75, 3.05) is 6.54 Å². The molecule has 0 aliphatic rings. The third kappa shape index (κ3) is 1.76. The Bertz CT molecular complexity index is 420. The molecule has 1 heterocycles. The van der Waals surface area contributed by atoms with Gasteiger partial charge in [0.25, 0.3) is 0 Å². The van der Waals surface area contributed by atoms with Gasteiger partial charge in [0.05, 0.1) is 0 Å². The average Bonchev–Trinajstić information content (AvgIpc) is 2.46. The maximum Gasteiger partial charge on any atom is 0.0467 e. The SMILES string of the molecule is NCCc1cc2ccc(Br)cc2[nH]1. The van der Waals surface area contributed by atoms with Gasteiger partial charge in [0.2, 0.25) is 0 Å². The third-order valence-corrected chi connectivity index (χ3v) is 2.55. The highest BCUT2D eigenvalue weighted by Crippen LogP contribution is 2.20. The minimum atomic E-state index is 0.688. The summed E-state index contributed by atoms with van der Waals surface area (Å²) in [5, 5.41) is 1.24. The summed E-state index contributed by atoms with van der Waals surface area (Å²) in [4.78, 5) is 3.33. The zero-order valence-corrected chi connectivity index (χ0v) is 8.76. The van der Waals surface area contributed by atoms with Crippen LogP contribution in [0, 0.1) is 0 Å². The molecule has 0 saturated heterocycles. The quantitative estimate of drug-likeness (QED) is 0.830. The summed E-state index contributed by atoms with van der Waals surface area (Å²) in [6.07, 6.45) is 0.909. The van der Waals surface area contributed by atoms with E-state index < -0.39 is 0 Å². The molecule has 2 rings (SSSR count). The van der Waals surface area contributed by atoms with Crippen LogP contribution in [0.4, 0.5) is 0 Å². The van der Waals surface area contributed by atoms with Gasteiger partial charge in [-0.05, 0) is 36.6 Å². The molecule has 0 atom stereocenters. The Kier molecular flexibility index (Phi) is 2.38. The van der Waals surface area contributed by atoms with Gasteiger partial charge in [-0.15, -0.1) is 0 Å². The smallest absolute Gasteiger partial charge is 0.0467 e. The predicted molar refractivity (Wildman–Crippen MR) is 58.8 cm³/mol. The minimum Gasteiger partial charge on any atom is -0.358 e. The largest absolute Gasteiger partial charge is 0.358 e. The topological polar surface area (TPSA) is 41.8 Å². The molecule has 13 heavy (non-hydrogen) atoms. The summed E-state index contributed by atoms with van der Waals surface area (Å²) < 4.78 is 1.10. The number of rotatable bonds is 2. The lowest BCUT2D eigenvalue weighted by Crippen LogP contribution is -2.02. The van der Waals surface area contributed by atoms with E-state index in [9.17, 15) is 0 Å². The monoisotopic (exact) mass is 238 g/mol. The Morgan fingerprint density at radius 2 is 2.15 bits per heavy atom. The van der Waals surface area contributed by atoms with Crippen molar-refractivity contribution in [1.29, 1.82) is 0 Å². The van der Waals surface area contributed by atoms with Gasteiger partial charge in [0.1, 0.15) is 0 Å². The molecule has 3 heteroatoms. The normalized spacial score (nSPS) is 10.9. The first-order chi connectivity index (χ1) is 6.29. The Morgan fingerprint density at radius 3 is 2.92 bits per heavy atom. The van der Waals surface area contributed by atoms with Gasteiger partial charge < -0.3 is 10.7 Å². The second-order valence-electron chi connectivity index (χ2n) is 3.06. The van der Waals surface area contributed by atoms with Crippen molar-refractivity contribution in [3.8, 4) is 0 Å². The van der Waals surface area contributed by atoms with E-state index in [1.165, 1.54) is 11.1 Å². The van der Waals surface area contributed by atoms with E-state index in [4.69, 9.17) is 5.73 Å². The summed E-state index contributed by atoms with van der Waals surface area (Å²) in [5.41, 5.74) is 7.85. The van der Waals surface area contributed by atoms with E-state index in [1.807, 2.05) is 6.07 Å². The minimum absolute atomic E-state index is 0.688. The van der Waals surface area contributed by atoms with Crippen LogP contribution in [0.15, 0.2) is 28.7 Å². The third-order valence-electron chi connectivity index (χ3n) is 2.05. The lowest BCUT2D eigenvalue weighted by Gasteiger charge is -1.90. The van der Waals surface area contributed by atoms with Crippen LogP contribution in [-0.4, -0.2) is 11.5 Å². The lowest BCUT2D eigenvalue weighted by atomic mass is 10.2. The molecule has 3 N–H and O–H groups in total. The first kappa shape index (κ1) is 8.78. The van der Waals surface area contributed by atoms with Crippen LogP contribution in [0.25, 0.3) is 10.9 Å². The molecule has 0 aliphatic carbocycles. The molecule has 0 unspecified atom stereocenters. The van der Waals surface area contributed by atoms with Crippen LogP contribution >= 0.6 is 15.9 Å². The Morgan fingerprint density at radius 1 is 1.31 bits per heavy atom. The number of halogens is 1. The number of hydrogen-bond donors (Lipinski definition) is 2. The summed E-state index contributed by atoms with van der Waals surface area (Å²) >= 11 is 3.44. The maximum absolute atomic E-state index is 5.48. The van der Waals surface area contributed by atoms with Gasteiger partial charge in [-0.25, -0.2) is 0 Å². The van der Waals surface area contributed by atoms with Crippen molar-refractivity contribution in [2.45, 2.75) is 6.42 Å². The van der Waals surface area contributed by atoms with Crippen molar-refractivity contribution in [3.63, 3.8) is 0 Å². The van der Waals surface area contributed by atoms with Crippen LogP contribution in [0.2, 0.25) is 0 Å². The summed E-state index contributed by atoms with van der Waals surface area (Å²) in [7, 11) is 0. The molecule has 1 aromatic heterocycles.